The summed E-state index contributed by atoms with van der Waals surface area (Å²) >= 11 is 2.75. The van der Waals surface area contributed by atoms with Crippen molar-refractivity contribution in [1.29, 1.82) is 0 Å². The van der Waals surface area contributed by atoms with E-state index < -0.39 is 29.4 Å². The molecule has 9 heteroatoms. The zero-order chi connectivity index (χ0) is 13.2. The van der Waals surface area contributed by atoms with Gasteiger partial charge in [-0.05, 0) is 12.1 Å². The molecule has 1 aromatic rings. The number of nitrogens with two attached hydrogens (primary N) is 1. The summed E-state index contributed by atoms with van der Waals surface area (Å²) in [5, 5.41) is 0. The summed E-state index contributed by atoms with van der Waals surface area (Å²) in [5.74, 6) is -1.68. The summed E-state index contributed by atoms with van der Waals surface area (Å²) in [4.78, 5) is 10.6. The van der Waals surface area contributed by atoms with Crippen molar-refractivity contribution >= 4 is 21.8 Å². The Balaban J connectivity index is 3.07. The van der Waals surface area contributed by atoms with Gasteiger partial charge in [0, 0.05) is 4.47 Å². The third-order valence-corrected chi connectivity index (χ3v) is 2.05. The van der Waals surface area contributed by atoms with Crippen LogP contribution in [0.15, 0.2) is 16.6 Å². The van der Waals surface area contributed by atoms with Gasteiger partial charge < -0.3 is 4.74 Å². The average molecular weight is 317 g/mol. The number of rotatable bonds is 3. The van der Waals surface area contributed by atoms with Crippen molar-refractivity contribution in [2.24, 2.45) is 5.84 Å². The van der Waals surface area contributed by atoms with E-state index in [1.54, 1.807) is 0 Å². The minimum Gasteiger partial charge on any atom is -0.422 e. The fraction of sp³-hybridized carbons (Fsp3) is 0.125. The number of ether oxygens (including phenoxy) is 1. The van der Waals surface area contributed by atoms with Crippen molar-refractivity contribution in [2.45, 2.75) is 6.11 Å². The van der Waals surface area contributed by atoms with Crippen molar-refractivity contribution in [3.8, 4) is 5.75 Å². The van der Waals surface area contributed by atoms with Crippen molar-refractivity contribution in [1.82, 2.24) is 5.43 Å². The molecule has 0 aliphatic carbocycles. The molecule has 0 bridgehead atoms. The molecule has 4 nitrogen and oxygen atoms in total. The van der Waals surface area contributed by atoms with Crippen LogP contribution in [0.4, 0.5) is 17.6 Å². The van der Waals surface area contributed by atoms with E-state index in [1.165, 1.54) is 0 Å². The lowest BCUT2D eigenvalue weighted by atomic mass is 10.3. The predicted molar refractivity (Wildman–Crippen MR) is 52.0 cm³/mol. The molecular weight excluding hydrogens is 312 g/mol. The van der Waals surface area contributed by atoms with Crippen molar-refractivity contribution in [3.05, 3.63) is 28.2 Å². The maximum atomic E-state index is 13.1. The summed E-state index contributed by atoms with van der Waals surface area (Å²) in [6.45, 7) is 0. The van der Waals surface area contributed by atoms with Gasteiger partial charge in [0.25, 0.3) is 0 Å². The first-order valence-corrected chi connectivity index (χ1v) is 4.79. The number of carbonyl (C=O) groups excluding carboxylic acids is 1. The molecule has 0 fully saturated rings. The molecule has 0 spiro atoms. The maximum Gasteiger partial charge on any atom is 0.483 e. The topological polar surface area (TPSA) is 64.3 Å². The highest BCUT2D eigenvalue weighted by atomic mass is 79.9. The van der Waals surface area contributed by atoms with Gasteiger partial charge in [0.2, 0.25) is 5.82 Å². The molecule has 0 aliphatic heterocycles. The number of hydrogen-bond acceptors (Lipinski definition) is 3. The minimum absolute atomic E-state index is 0.0321. The van der Waals surface area contributed by atoms with Gasteiger partial charge in [-0.3, -0.25) is 10.2 Å². The molecule has 0 saturated carbocycles. The number of nitrogens with one attached hydrogen (secondary N) is 1. The Labute approximate surface area is 101 Å². The fourth-order valence-electron chi connectivity index (χ4n) is 0.875. The SMILES string of the molecule is NNC(=O)C(F)(F)Oc1cc(Br)cc(F)c1F. The maximum absolute atomic E-state index is 13.1. The largest absolute Gasteiger partial charge is 0.483 e. The molecule has 0 heterocycles. The Morgan fingerprint density at radius 2 is 2.00 bits per heavy atom. The summed E-state index contributed by atoms with van der Waals surface area (Å²) < 4.78 is 55.5. The molecule has 0 aliphatic rings. The molecule has 0 radical (unpaired) electrons. The zero-order valence-corrected chi connectivity index (χ0v) is 9.52. The minimum atomic E-state index is -4.41. The number of carbonyl (C=O) groups is 1. The monoisotopic (exact) mass is 316 g/mol. The van der Waals surface area contributed by atoms with Crippen LogP contribution in [-0.2, 0) is 4.79 Å². The highest BCUT2D eigenvalue weighted by Gasteiger charge is 2.42. The van der Waals surface area contributed by atoms with Gasteiger partial charge in [-0.15, -0.1) is 0 Å². The second-order valence-electron chi connectivity index (χ2n) is 2.79. The number of hydrazine groups is 1. The van der Waals surface area contributed by atoms with Gasteiger partial charge in [0.15, 0.2) is 11.6 Å². The van der Waals surface area contributed by atoms with E-state index >= 15 is 0 Å². The van der Waals surface area contributed by atoms with E-state index in [0.717, 1.165) is 11.5 Å². The van der Waals surface area contributed by atoms with Crippen LogP contribution in [0.2, 0.25) is 0 Å². The molecule has 94 valence electrons. The first-order chi connectivity index (χ1) is 7.77. The molecule has 0 unspecified atom stereocenters. The fourth-order valence-corrected chi connectivity index (χ4v) is 1.28. The lowest BCUT2D eigenvalue weighted by Crippen LogP contribution is -2.47. The number of hydrogen-bond donors (Lipinski definition) is 2. The molecule has 1 amide bonds. The highest BCUT2D eigenvalue weighted by molar-refractivity contribution is 9.10. The molecular formula is C8H5BrF4N2O2. The Hall–Kier alpha value is -1.35. The van der Waals surface area contributed by atoms with Gasteiger partial charge in [-0.2, -0.15) is 13.2 Å². The molecule has 0 saturated heterocycles. The normalized spacial score (nSPS) is 11.2. The van der Waals surface area contributed by atoms with Crippen molar-refractivity contribution in [2.75, 3.05) is 0 Å². The van der Waals surface area contributed by atoms with Crippen LogP contribution < -0.4 is 16.0 Å². The van der Waals surface area contributed by atoms with Gasteiger partial charge >= 0.3 is 12.0 Å². The first kappa shape index (κ1) is 13.7. The Morgan fingerprint density at radius 1 is 1.41 bits per heavy atom. The van der Waals surface area contributed by atoms with Gasteiger partial charge in [-0.25, -0.2) is 10.2 Å². The van der Waals surface area contributed by atoms with Crippen LogP contribution >= 0.6 is 15.9 Å². The first-order valence-electron chi connectivity index (χ1n) is 4.00. The average Bonchev–Trinajstić information content (AvgIpc) is 2.23. The molecule has 17 heavy (non-hydrogen) atoms. The lowest BCUT2D eigenvalue weighted by Gasteiger charge is -2.16. The third kappa shape index (κ3) is 3.07. The van der Waals surface area contributed by atoms with Crippen LogP contribution in [0.1, 0.15) is 0 Å². The molecule has 3 N–H and O–H groups in total. The summed E-state index contributed by atoms with van der Waals surface area (Å²) in [5.41, 5.74) is 1.13. The molecule has 1 aromatic carbocycles. The lowest BCUT2D eigenvalue weighted by molar-refractivity contribution is -0.193. The Bertz CT molecular complexity index is 455. The van der Waals surface area contributed by atoms with Crippen LogP contribution in [0.3, 0.4) is 0 Å². The third-order valence-electron chi connectivity index (χ3n) is 1.59. The second kappa shape index (κ2) is 4.88. The molecule has 1 rings (SSSR count). The van der Waals surface area contributed by atoms with Gasteiger partial charge in [0.05, 0.1) is 0 Å². The van der Waals surface area contributed by atoms with Crippen LogP contribution in [0.5, 0.6) is 5.75 Å². The van der Waals surface area contributed by atoms with Gasteiger partial charge in [-0.1, -0.05) is 15.9 Å². The zero-order valence-electron chi connectivity index (χ0n) is 7.94. The van der Waals surface area contributed by atoms with Crippen molar-refractivity contribution in [3.63, 3.8) is 0 Å². The number of benzene rings is 1. The smallest absolute Gasteiger partial charge is 0.422 e. The predicted octanol–water partition coefficient (Wildman–Crippen LogP) is 1.69. The van der Waals surface area contributed by atoms with E-state index in [9.17, 15) is 22.4 Å². The Morgan fingerprint density at radius 3 is 2.53 bits per heavy atom. The van der Waals surface area contributed by atoms with E-state index in [0.29, 0.717) is 6.07 Å². The van der Waals surface area contributed by atoms with E-state index in [4.69, 9.17) is 0 Å². The quantitative estimate of drug-likeness (QED) is 0.293. The number of amides is 1. The Kier molecular flexibility index (Phi) is 3.94. The summed E-state index contributed by atoms with van der Waals surface area (Å²) in [6.07, 6.45) is -4.41. The van der Waals surface area contributed by atoms with E-state index in [2.05, 4.69) is 26.5 Å². The van der Waals surface area contributed by atoms with Gasteiger partial charge in [0.1, 0.15) is 0 Å². The molecule has 0 aromatic heterocycles. The van der Waals surface area contributed by atoms with E-state index in [1.807, 2.05) is 0 Å². The molecule has 0 atom stereocenters. The number of halogens is 5. The van der Waals surface area contributed by atoms with Crippen LogP contribution in [0, 0.1) is 11.6 Å². The highest BCUT2D eigenvalue weighted by Crippen LogP contribution is 2.29. The number of alkyl halides is 2. The second-order valence-corrected chi connectivity index (χ2v) is 3.71. The van der Waals surface area contributed by atoms with E-state index in [-0.39, 0.29) is 4.47 Å². The standard InChI is InChI=1S/C8H5BrF4N2O2/c9-3-1-4(10)6(11)5(2-3)17-8(12,13)7(16)15-14/h1-2H,14H2,(H,15,16). The van der Waals surface area contributed by atoms with Crippen LogP contribution in [0.25, 0.3) is 0 Å². The summed E-state index contributed by atoms with van der Waals surface area (Å²) in [7, 11) is 0. The van der Waals surface area contributed by atoms with Crippen LogP contribution in [-0.4, -0.2) is 12.0 Å². The van der Waals surface area contributed by atoms with Crippen molar-refractivity contribution < 1.29 is 27.1 Å². The summed E-state index contributed by atoms with van der Waals surface area (Å²) in [6, 6.07) is 1.46.